The Morgan fingerprint density at radius 1 is 1.59 bits per heavy atom. The number of nitro groups is 1. The second kappa shape index (κ2) is 7.13. The number of thiocarbonyl (C=S) groups is 1. The summed E-state index contributed by atoms with van der Waals surface area (Å²) in [4.78, 5) is 9.96. The van der Waals surface area contributed by atoms with Crippen molar-refractivity contribution in [3.05, 3.63) is 52.2 Å². The predicted octanol–water partition coefficient (Wildman–Crippen LogP) is 0.995. The van der Waals surface area contributed by atoms with Crippen LogP contribution in [-0.4, -0.2) is 26.0 Å². The van der Waals surface area contributed by atoms with E-state index in [4.69, 9.17) is 10.5 Å². The van der Waals surface area contributed by atoms with Crippen LogP contribution in [0.2, 0.25) is 0 Å². The van der Waals surface area contributed by atoms with Crippen LogP contribution in [-0.2, 0) is 6.73 Å². The molecule has 0 aliphatic carbocycles. The zero-order valence-corrected chi connectivity index (χ0v) is 12.1. The molecule has 22 heavy (non-hydrogen) atoms. The summed E-state index contributed by atoms with van der Waals surface area (Å²) in [5.41, 5.74) is 8.46. The number of benzene rings is 1. The van der Waals surface area contributed by atoms with E-state index in [-0.39, 0.29) is 17.7 Å². The second-order valence-corrected chi connectivity index (χ2v) is 4.49. The Kier molecular flexibility index (Phi) is 4.98. The van der Waals surface area contributed by atoms with Crippen LogP contribution in [0.3, 0.4) is 0 Å². The maximum atomic E-state index is 10.5. The Balaban J connectivity index is 1.96. The molecule has 0 fully saturated rings. The molecule has 1 aromatic carbocycles. The third-order valence-electron chi connectivity index (χ3n) is 2.42. The van der Waals surface area contributed by atoms with Gasteiger partial charge in [-0.1, -0.05) is 12.1 Å². The molecule has 0 saturated heterocycles. The first-order valence-electron chi connectivity index (χ1n) is 6.04. The number of ether oxygens (including phenoxy) is 1. The molecule has 114 valence electrons. The largest absolute Gasteiger partial charge is 0.469 e. The minimum absolute atomic E-state index is 0.0551. The topological polar surface area (TPSA) is 121 Å². The van der Waals surface area contributed by atoms with Gasteiger partial charge < -0.3 is 20.6 Å². The first-order valence-corrected chi connectivity index (χ1v) is 6.44. The van der Waals surface area contributed by atoms with Crippen LogP contribution in [0.4, 0.5) is 5.82 Å². The van der Waals surface area contributed by atoms with Gasteiger partial charge in [0, 0.05) is 0 Å². The van der Waals surface area contributed by atoms with Gasteiger partial charge in [0.15, 0.2) is 5.11 Å². The fourth-order valence-corrected chi connectivity index (χ4v) is 1.57. The molecule has 0 bridgehead atoms. The van der Waals surface area contributed by atoms with Crippen molar-refractivity contribution in [3.63, 3.8) is 0 Å². The van der Waals surface area contributed by atoms with Crippen molar-refractivity contribution in [1.82, 2.24) is 15.2 Å². The molecule has 3 N–H and O–H groups in total. The van der Waals surface area contributed by atoms with Gasteiger partial charge in [0.25, 0.3) is 0 Å². The lowest BCUT2D eigenvalue weighted by Gasteiger charge is -2.04. The van der Waals surface area contributed by atoms with Crippen LogP contribution < -0.4 is 15.9 Å². The quantitative estimate of drug-likeness (QED) is 0.352. The third-order valence-corrected chi connectivity index (χ3v) is 2.51. The molecule has 2 rings (SSSR count). The molecule has 0 aliphatic heterocycles. The SMILES string of the molecule is NC(=S)NN=Cc1cccc(OCn2ccc([N+](=O)[O-])n2)c1. The van der Waals surface area contributed by atoms with E-state index >= 15 is 0 Å². The molecule has 1 aromatic heterocycles. The van der Waals surface area contributed by atoms with Gasteiger partial charge in [0.1, 0.15) is 5.75 Å². The highest BCUT2D eigenvalue weighted by Gasteiger charge is 2.10. The van der Waals surface area contributed by atoms with E-state index in [1.54, 1.807) is 18.2 Å². The summed E-state index contributed by atoms with van der Waals surface area (Å²) in [6.07, 6.45) is 3.00. The van der Waals surface area contributed by atoms with Crippen LogP contribution >= 0.6 is 12.2 Å². The molecule has 0 saturated carbocycles. The number of nitrogens with zero attached hydrogens (tertiary/aromatic N) is 4. The molecular formula is C12H12N6O3S. The van der Waals surface area contributed by atoms with Crippen molar-refractivity contribution in [2.75, 3.05) is 0 Å². The van der Waals surface area contributed by atoms with Gasteiger partial charge in [-0.25, -0.2) is 0 Å². The van der Waals surface area contributed by atoms with Gasteiger partial charge >= 0.3 is 5.82 Å². The highest BCUT2D eigenvalue weighted by Crippen LogP contribution is 2.13. The molecule has 9 nitrogen and oxygen atoms in total. The summed E-state index contributed by atoms with van der Waals surface area (Å²) >= 11 is 4.62. The standard InChI is InChI=1S/C12H12N6O3S/c13-12(22)15-14-7-9-2-1-3-10(6-9)21-8-17-5-4-11(16-17)18(19)20/h1-7H,8H2,(H3,13,15,22). The Morgan fingerprint density at radius 2 is 2.41 bits per heavy atom. The normalized spacial score (nSPS) is 10.5. The van der Waals surface area contributed by atoms with Crippen molar-refractivity contribution in [2.45, 2.75) is 6.73 Å². The summed E-state index contributed by atoms with van der Waals surface area (Å²) in [7, 11) is 0. The average molecular weight is 320 g/mol. The van der Waals surface area contributed by atoms with E-state index in [2.05, 4.69) is 27.8 Å². The first kappa shape index (κ1) is 15.4. The highest BCUT2D eigenvalue weighted by molar-refractivity contribution is 7.80. The van der Waals surface area contributed by atoms with Gasteiger partial charge in [-0.05, 0) is 34.8 Å². The number of hydrogen-bond donors (Lipinski definition) is 2. The highest BCUT2D eigenvalue weighted by atomic mass is 32.1. The molecule has 0 unspecified atom stereocenters. The number of rotatable bonds is 6. The molecule has 0 atom stereocenters. The zero-order chi connectivity index (χ0) is 15.9. The Labute approximate surface area is 130 Å². The summed E-state index contributed by atoms with van der Waals surface area (Å²) < 4.78 is 6.83. The lowest BCUT2D eigenvalue weighted by Crippen LogP contribution is -2.23. The monoisotopic (exact) mass is 320 g/mol. The summed E-state index contributed by atoms with van der Waals surface area (Å²) in [5, 5.41) is 18.2. The van der Waals surface area contributed by atoms with Crippen LogP contribution in [0.5, 0.6) is 5.75 Å². The molecule has 1 heterocycles. The van der Waals surface area contributed by atoms with E-state index in [0.29, 0.717) is 5.75 Å². The van der Waals surface area contributed by atoms with Crippen molar-refractivity contribution < 1.29 is 9.66 Å². The number of hydrogen-bond acceptors (Lipinski definition) is 6. The number of nitrogens with two attached hydrogens (primary N) is 1. The van der Waals surface area contributed by atoms with Gasteiger partial charge in [0.2, 0.25) is 6.73 Å². The maximum Gasteiger partial charge on any atom is 0.390 e. The van der Waals surface area contributed by atoms with Crippen LogP contribution in [0.25, 0.3) is 0 Å². The van der Waals surface area contributed by atoms with E-state index in [1.807, 2.05) is 6.07 Å². The molecule has 0 radical (unpaired) electrons. The summed E-state index contributed by atoms with van der Waals surface area (Å²) in [6.45, 7) is 0.0551. The average Bonchev–Trinajstić information content (AvgIpc) is 2.94. The van der Waals surface area contributed by atoms with E-state index in [0.717, 1.165) is 5.56 Å². The molecular weight excluding hydrogens is 308 g/mol. The van der Waals surface area contributed by atoms with Crippen LogP contribution in [0, 0.1) is 10.1 Å². The fraction of sp³-hybridized carbons (Fsp3) is 0.0833. The number of hydrazone groups is 1. The molecule has 0 amide bonds. The summed E-state index contributed by atoms with van der Waals surface area (Å²) in [6, 6.07) is 8.38. The van der Waals surface area contributed by atoms with Crippen LogP contribution in [0.1, 0.15) is 5.56 Å². The van der Waals surface area contributed by atoms with Gasteiger partial charge in [-0.3, -0.25) is 5.43 Å². The number of nitrogens with one attached hydrogen (secondary N) is 1. The Hall–Kier alpha value is -3.01. The minimum Gasteiger partial charge on any atom is -0.469 e. The second-order valence-electron chi connectivity index (χ2n) is 4.05. The third kappa shape index (κ3) is 4.52. The lowest BCUT2D eigenvalue weighted by molar-refractivity contribution is -0.389. The Bertz CT molecular complexity index is 714. The van der Waals surface area contributed by atoms with Crippen molar-refractivity contribution in [3.8, 4) is 5.75 Å². The predicted molar refractivity (Wildman–Crippen MR) is 83.5 cm³/mol. The van der Waals surface area contributed by atoms with Crippen molar-refractivity contribution >= 4 is 29.4 Å². The van der Waals surface area contributed by atoms with E-state index < -0.39 is 4.92 Å². The minimum atomic E-state index is -0.567. The Morgan fingerprint density at radius 3 is 3.09 bits per heavy atom. The smallest absolute Gasteiger partial charge is 0.390 e. The number of aromatic nitrogens is 2. The first-order chi connectivity index (χ1) is 10.5. The maximum absolute atomic E-state index is 10.5. The van der Waals surface area contributed by atoms with E-state index in [9.17, 15) is 10.1 Å². The molecule has 10 heteroatoms. The summed E-state index contributed by atoms with van der Waals surface area (Å²) in [5.74, 6) is 0.339. The zero-order valence-electron chi connectivity index (χ0n) is 11.2. The van der Waals surface area contributed by atoms with E-state index in [1.165, 1.54) is 23.2 Å². The lowest BCUT2D eigenvalue weighted by atomic mass is 10.2. The van der Waals surface area contributed by atoms with Crippen molar-refractivity contribution in [1.29, 1.82) is 0 Å². The van der Waals surface area contributed by atoms with Gasteiger partial charge in [-0.2, -0.15) is 5.10 Å². The van der Waals surface area contributed by atoms with Gasteiger partial charge in [-0.15, -0.1) is 4.68 Å². The molecule has 0 spiro atoms. The van der Waals surface area contributed by atoms with Crippen molar-refractivity contribution in [2.24, 2.45) is 10.8 Å². The van der Waals surface area contributed by atoms with Crippen LogP contribution in [0.15, 0.2) is 41.6 Å². The molecule has 2 aromatic rings. The van der Waals surface area contributed by atoms with Gasteiger partial charge in [0.05, 0.1) is 23.6 Å². The molecule has 0 aliphatic rings. The fourth-order valence-electron chi connectivity index (χ4n) is 1.52.